The molecule has 2 heterocycles. The molecule has 2 atom stereocenters. The van der Waals surface area contributed by atoms with Gasteiger partial charge < -0.3 is 4.90 Å². The van der Waals surface area contributed by atoms with E-state index >= 15 is 0 Å². The molecule has 0 radical (unpaired) electrons. The molecule has 2 unspecified atom stereocenters. The number of halogens is 2. The predicted molar refractivity (Wildman–Crippen MR) is 71.6 cm³/mol. The second-order valence-corrected chi connectivity index (χ2v) is 5.43. The molecule has 1 aliphatic heterocycles. The molecule has 0 aliphatic carbocycles. The molecular formula is C12H14BrClN2O. The van der Waals surface area contributed by atoms with E-state index in [1.807, 2.05) is 4.90 Å². The number of aromatic nitrogens is 1. The molecule has 2 rings (SSSR count). The summed E-state index contributed by atoms with van der Waals surface area (Å²) in [6, 6.07) is 3.64. The molecule has 0 bridgehead atoms. The highest BCUT2D eigenvalue weighted by Gasteiger charge is 2.34. The topological polar surface area (TPSA) is 33.2 Å². The Labute approximate surface area is 114 Å². The van der Waals surface area contributed by atoms with Crippen LogP contribution in [0.5, 0.6) is 0 Å². The van der Waals surface area contributed by atoms with Gasteiger partial charge in [0.05, 0.1) is 5.02 Å². The van der Waals surface area contributed by atoms with Gasteiger partial charge >= 0.3 is 0 Å². The van der Waals surface area contributed by atoms with Crippen molar-refractivity contribution in [2.75, 3.05) is 11.9 Å². The molecule has 1 amide bonds. The first kappa shape index (κ1) is 12.8. The molecule has 3 nitrogen and oxygen atoms in total. The smallest absolute Gasteiger partial charge is 0.272 e. The van der Waals surface area contributed by atoms with Crippen LogP contribution >= 0.6 is 27.5 Å². The lowest BCUT2D eigenvalue weighted by Crippen LogP contribution is -2.38. The fourth-order valence-electron chi connectivity index (χ4n) is 2.15. The van der Waals surface area contributed by atoms with E-state index in [0.29, 0.717) is 16.6 Å². The number of nitrogens with zero attached hydrogens (tertiary/aromatic N) is 2. The molecule has 0 saturated carbocycles. The Morgan fingerprint density at radius 2 is 2.41 bits per heavy atom. The van der Waals surface area contributed by atoms with Crippen LogP contribution in [0.3, 0.4) is 0 Å². The maximum Gasteiger partial charge on any atom is 0.272 e. The molecule has 1 aliphatic rings. The van der Waals surface area contributed by atoms with Gasteiger partial charge in [0, 0.05) is 24.1 Å². The molecular weight excluding hydrogens is 304 g/mol. The first-order chi connectivity index (χ1) is 8.13. The maximum atomic E-state index is 12.3. The van der Waals surface area contributed by atoms with E-state index in [-0.39, 0.29) is 11.9 Å². The Bertz CT molecular complexity index is 409. The second kappa shape index (κ2) is 5.36. The number of carbonyl (C=O) groups is 1. The summed E-state index contributed by atoms with van der Waals surface area (Å²) in [7, 11) is 0. The van der Waals surface area contributed by atoms with Gasteiger partial charge in [-0.1, -0.05) is 34.5 Å². The Hall–Kier alpha value is -0.610. The summed E-state index contributed by atoms with van der Waals surface area (Å²) in [6.07, 6.45) is 2.56. The minimum atomic E-state index is -0.00420. The summed E-state index contributed by atoms with van der Waals surface area (Å²) in [4.78, 5) is 18.2. The summed E-state index contributed by atoms with van der Waals surface area (Å²) in [5, 5.41) is 1.36. The maximum absolute atomic E-state index is 12.3. The normalized spacial score (nSPS) is 24.1. The zero-order valence-electron chi connectivity index (χ0n) is 9.57. The second-order valence-electron chi connectivity index (χ2n) is 4.35. The van der Waals surface area contributed by atoms with Gasteiger partial charge in [-0.15, -0.1) is 0 Å². The highest BCUT2D eigenvalue weighted by molar-refractivity contribution is 9.09. The average molecular weight is 318 g/mol. The molecule has 1 fully saturated rings. The van der Waals surface area contributed by atoms with Gasteiger partial charge in [0.2, 0.25) is 0 Å². The average Bonchev–Trinajstić information content (AvgIpc) is 2.70. The van der Waals surface area contributed by atoms with Crippen LogP contribution in [0.4, 0.5) is 0 Å². The minimum Gasteiger partial charge on any atom is -0.333 e. The lowest BCUT2D eigenvalue weighted by Gasteiger charge is -2.24. The van der Waals surface area contributed by atoms with E-state index in [1.54, 1.807) is 12.1 Å². The van der Waals surface area contributed by atoms with Gasteiger partial charge in [-0.3, -0.25) is 4.79 Å². The third kappa shape index (κ3) is 2.63. The monoisotopic (exact) mass is 316 g/mol. The van der Waals surface area contributed by atoms with Crippen molar-refractivity contribution >= 4 is 33.4 Å². The molecule has 1 aromatic rings. The number of hydrogen-bond acceptors (Lipinski definition) is 2. The van der Waals surface area contributed by atoms with Crippen molar-refractivity contribution in [2.45, 2.75) is 19.4 Å². The lowest BCUT2D eigenvalue weighted by molar-refractivity contribution is 0.0733. The number of amides is 1. The van der Waals surface area contributed by atoms with E-state index < -0.39 is 0 Å². The predicted octanol–water partition coefficient (Wildman–Crippen LogP) is 2.98. The van der Waals surface area contributed by atoms with Crippen molar-refractivity contribution in [1.82, 2.24) is 9.88 Å². The van der Waals surface area contributed by atoms with Crippen LogP contribution < -0.4 is 0 Å². The molecule has 5 heteroatoms. The molecule has 1 saturated heterocycles. The van der Waals surface area contributed by atoms with Crippen molar-refractivity contribution in [3.63, 3.8) is 0 Å². The molecule has 1 aromatic heterocycles. The zero-order chi connectivity index (χ0) is 12.4. The van der Waals surface area contributed by atoms with Crippen molar-refractivity contribution in [1.29, 1.82) is 0 Å². The number of pyridine rings is 1. The zero-order valence-corrected chi connectivity index (χ0v) is 11.9. The highest BCUT2D eigenvalue weighted by atomic mass is 79.9. The highest BCUT2D eigenvalue weighted by Crippen LogP contribution is 2.26. The van der Waals surface area contributed by atoms with Gasteiger partial charge in [0.15, 0.2) is 0 Å². The van der Waals surface area contributed by atoms with Crippen molar-refractivity contribution in [3.8, 4) is 0 Å². The SMILES string of the molecule is CC1CCN(C(=O)c2ccc(Cl)cn2)C1CBr. The Morgan fingerprint density at radius 3 is 3.00 bits per heavy atom. The first-order valence-electron chi connectivity index (χ1n) is 5.62. The van der Waals surface area contributed by atoms with Crippen LogP contribution in [-0.4, -0.2) is 33.7 Å². The van der Waals surface area contributed by atoms with Crippen molar-refractivity contribution in [3.05, 3.63) is 29.0 Å². The molecule has 0 aromatic carbocycles. The summed E-state index contributed by atoms with van der Waals surface area (Å²) >= 11 is 9.23. The third-order valence-electron chi connectivity index (χ3n) is 3.25. The molecule has 0 spiro atoms. The molecule has 92 valence electrons. The fourth-order valence-corrected chi connectivity index (χ4v) is 3.24. The van der Waals surface area contributed by atoms with Crippen LogP contribution in [-0.2, 0) is 0 Å². The van der Waals surface area contributed by atoms with Crippen LogP contribution in [0, 0.1) is 5.92 Å². The third-order valence-corrected chi connectivity index (χ3v) is 4.13. The van der Waals surface area contributed by atoms with E-state index in [0.717, 1.165) is 18.3 Å². The van der Waals surface area contributed by atoms with Crippen LogP contribution in [0.25, 0.3) is 0 Å². The Balaban J connectivity index is 2.17. The number of carbonyl (C=O) groups excluding carboxylic acids is 1. The van der Waals surface area contributed by atoms with Gasteiger partial charge in [-0.2, -0.15) is 0 Å². The van der Waals surface area contributed by atoms with Crippen LogP contribution in [0.15, 0.2) is 18.3 Å². The number of alkyl halides is 1. The number of hydrogen-bond donors (Lipinski definition) is 0. The van der Waals surface area contributed by atoms with E-state index in [2.05, 4.69) is 27.8 Å². The van der Waals surface area contributed by atoms with E-state index in [9.17, 15) is 4.79 Å². The van der Waals surface area contributed by atoms with Gasteiger partial charge in [0.1, 0.15) is 5.69 Å². The summed E-state index contributed by atoms with van der Waals surface area (Å²) in [5.41, 5.74) is 0.467. The number of rotatable bonds is 2. The standard InChI is InChI=1S/C12H14BrClN2O/c1-8-4-5-16(11(8)6-13)12(17)10-3-2-9(14)7-15-10/h2-3,7-8,11H,4-6H2,1H3. The summed E-state index contributed by atoms with van der Waals surface area (Å²) in [5.74, 6) is 0.529. The number of likely N-dealkylation sites (tertiary alicyclic amines) is 1. The Morgan fingerprint density at radius 1 is 1.65 bits per heavy atom. The molecule has 0 N–H and O–H groups in total. The summed E-state index contributed by atoms with van der Waals surface area (Å²) in [6.45, 7) is 2.98. The van der Waals surface area contributed by atoms with Gasteiger partial charge in [-0.25, -0.2) is 4.98 Å². The quantitative estimate of drug-likeness (QED) is 0.786. The Kier molecular flexibility index (Phi) is 4.05. The molecule has 17 heavy (non-hydrogen) atoms. The van der Waals surface area contributed by atoms with E-state index in [4.69, 9.17) is 11.6 Å². The largest absolute Gasteiger partial charge is 0.333 e. The van der Waals surface area contributed by atoms with Gasteiger partial charge in [0.25, 0.3) is 5.91 Å². The first-order valence-corrected chi connectivity index (χ1v) is 7.12. The van der Waals surface area contributed by atoms with Crippen LogP contribution in [0.2, 0.25) is 5.02 Å². The fraction of sp³-hybridized carbons (Fsp3) is 0.500. The van der Waals surface area contributed by atoms with Gasteiger partial charge in [-0.05, 0) is 24.5 Å². The minimum absolute atomic E-state index is 0.00420. The van der Waals surface area contributed by atoms with Crippen molar-refractivity contribution in [2.24, 2.45) is 5.92 Å². The summed E-state index contributed by atoms with van der Waals surface area (Å²) < 4.78 is 0. The van der Waals surface area contributed by atoms with Crippen LogP contribution in [0.1, 0.15) is 23.8 Å². The van der Waals surface area contributed by atoms with E-state index in [1.165, 1.54) is 6.20 Å². The van der Waals surface area contributed by atoms with Crippen molar-refractivity contribution < 1.29 is 4.79 Å². The lowest BCUT2D eigenvalue weighted by atomic mass is 10.1.